The number of aromatic nitrogens is 2. The Morgan fingerprint density at radius 2 is 2.00 bits per heavy atom. The van der Waals surface area contributed by atoms with Crippen LogP contribution in [0.1, 0.15) is 39.0 Å². The van der Waals surface area contributed by atoms with Crippen molar-refractivity contribution in [2.45, 2.75) is 39.5 Å². The molecule has 1 aromatic rings. The molecule has 23 heavy (non-hydrogen) atoms. The van der Waals surface area contributed by atoms with Crippen LogP contribution in [0, 0.1) is 23.7 Å². The highest BCUT2D eigenvalue weighted by Gasteiger charge is 2.38. The number of H-pyrrole nitrogens is 1. The number of ether oxygens (including phenoxy) is 1. The normalized spacial score (nSPS) is 29.3. The second kappa shape index (κ2) is 6.05. The number of aromatic amines is 1. The molecular weight excluding hydrogens is 292 g/mol. The smallest absolute Gasteiger partial charge is 0.330 e. The molecule has 4 unspecified atom stereocenters. The molecule has 0 amide bonds. The van der Waals surface area contributed by atoms with Crippen LogP contribution >= 0.6 is 0 Å². The fraction of sp³-hybridized carbons (Fsp3) is 0.444. The second-order valence-electron chi connectivity index (χ2n) is 6.23. The van der Waals surface area contributed by atoms with Crippen molar-refractivity contribution in [1.82, 2.24) is 9.55 Å². The first kappa shape index (κ1) is 15.6. The number of allylic oxidation sites excluding steroid dienone is 4. The molecule has 0 radical (unpaired) electrons. The third-order valence-corrected chi connectivity index (χ3v) is 4.74. The second-order valence-corrected chi connectivity index (χ2v) is 6.23. The average Bonchev–Trinajstić information content (AvgIpc) is 3.11. The highest BCUT2D eigenvalue weighted by atomic mass is 16.5. The lowest BCUT2D eigenvalue weighted by Gasteiger charge is -2.18. The van der Waals surface area contributed by atoms with Crippen LogP contribution in [-0.4, -0.2) is 15.7 Å². The van der Waals surface area contributed by atoms with Crippen LogP contribution in [0.2, 0.25) is 0 Å². The topological polar surface area (TPSA) is 64.1 Å². The fourth-order valence-electron chi connectivity index (χ4n) is 2.92. The SMILES string of the molecule is CC1OC(n2cc(C#CC3=CC=CC3)c(=O)[nH]c2=O)C(C)C1C. The molecule has 1 N–H and O–H groups in total. The molecule has 0 bridgehead atoms. The lowest BCUT2D eigenvalue weighted by atomic mass is 9.93. The summed E-state index contributed by atoms with van der Waals surface area (Å²) in [4.78, 5) is 26.5. The minimum Gasteiger partial charge on any atom is -0.354 e. The van der Waals surface area contributed by atoms with E-state index in [4.69, 9.17) is 4.74 Å². The van der Waals surface area contributed by atoms with E-state index >= 15 is 0 Å². The minimum atomic E-state index is -0.461. The summed E-state index contributed by atoms with van der Waals surface area (Å²) in [5.74, 6) is 6.36. The molecule has 1 aliphatic heterocycles. The monoisotopic (exact) mass is 312 g/mol. The van der Waals surface area contributed by atoms with E-state index < -0.39 is 11.2 Å². The first-order valence-corrected chi connectivity index (χ1v) is 7.86. The molecule has 0 saturated carbocycles. The maximum Gasteiger partial charge on any atom is 0.330 e. The van der Waals surface area contributed by atoms with E-state index in [0.717, 1.165) is 12.0 Å². The average molecular weight is 312 g/mol. The van der Waals surface area contributed by atoms with Crippen LogP contribution in [0.3, 0.4) is 0 Å². The summed E-state index contributed by atoms with van der Waals surface area (Å²) in [6.07, 6.45) is 7.85. The van der Waals surface area contributed by atoms with Gasteiger partial charge >= 0.3 is 5.69 Å². The molecule has 1 fully saturated rings. The Kier molecular flexibility index (Phi) is 4.10. The van der Waals surface area contributed by atoms with E-state index in [9.17, 15) is 9.59 Å². The highest BCUT2D eigenvalue weighted by molar-refractivity contribution is 5.43. The molecule has 1 aliphatic carbocycles. The van der Waals surface area contributed by atoms with Crippen molar-refractivity contribution in [3.05, 3.63) is 56.4 Å². The van der Waals surface area contributed by atoms with Gasteiger partial charge in [0.25, 0.3) is 5.56 Å². The Morgan fingerprint density at radius 1 is 1.22 bits per heavy atom. The van der Waals surface area contributed by atoms with E-state index in [1.54, 1.807) is 0 Å². The van der Waals surface area contributed by atoms with Crippen molar-refractivity contribution in [1.29, 1.82) is 0 Å². The summed E-state index contributed by atoms with van der Waals surface area (Å²) in [5.41, 5.74) is 0.313. The zero-order chi connectivity index (χ0) is 16.6. The Hall–Kier alpha value is -2.32. The molecule has 5 nitrogen and oxygen atoms in total. The summed E-state index contributed by atoms with van der Waals surface area (Å²) < 4.78 is 7.35. The van der Waals surface area contributed by atoms with Crippen LogP contribution in [0.4, 0.5) is 0 Å². The van der Waals surface area contributed by atoms with Gasteiger partial charge in [0.2, 0.25) is 0 Å². The van der Waals surface area contributed by atoms with Gasteiger partial charge in [-0.1, -0.05) is 43.9 Å². The zero-order valence-electron chi connectivity index (χ0n) is 13.5. The van der Waals surface area contributed by atoms with E-state index in [2.05, 4.69) is 30.7 Å². The summed E-state index contributed by atoms with van der Waals surface area (Å²) in [6.45, 7) is 6.15. The van der Waals surface area contributed by atoms with Crippen LogP contribution < -0.4 is 11.2 Å². The first-order chi connectivity index (χ1) is 11.0. The Labute approximate surface area is 134 Å². The van der Waals surface area contributed by atoms with Crippen LogP contribution in [0.5, 0.6) is 0 Å². The minimum absolute atomic E-state index is 0.0677. The molecule has 5 heteroatoms. The van der Waals surface area contributed by atoms with E-state index in [-0.39, 0.29) is 23.8 Å². The molecule has 120 valence electrons. The van der Waals surface area contributed by atoms with Gasteiger partial charge in [0.15, 0.2) is 0 Å². The number of hydrogen-bond donors (Lipinski definition) is 1. The van der Waals surface area contributed by atoms with Crippen molar-refractivity contribution in [2.24, 2.45) is 11.8 Å². The van der Waals surface area contributed by atoms with E-state index in [0.29, 0.717) is 5.92 Å². The van der Waals surface area contributed by atoms with Crippen LogP contribution in [0.25, 0.3) is 0 Å². The molecule has 1 aromatic heterocycles. The van der Waals surface area contributed by atoms with Crippen molar-refractivity contribution in [3.8, 4) is 11.8 Å². The molecule has 0 spiro atoms. The van der Waals surface area contributed by atoms with Gasteiger partial charge in [-0.05, 0) is 19.3 Å². The number of rotatable bonds is 1. The number of nitrogens with zero attached hydrogens (tertiary/aromatic N) is 1. The largest absolute Gasteiger partial charge is 0.354 e. The quantitative estimate of drug-likeness (QED) is 0.806. The summed E-state index contributed by atoms with van der Waals surface area (Å²) in [6, 6.07) is 0. The first-order valence-electron chi connectivity index (χ1n) is 7.86. The predicted octanol–water partition coefficient (Wildman–Crippen LogP) is 1.96. The molecule has 3 rings (SSSR count). The van der Waals surface area contributed by atoms with Crippen molar-refractivity contribution in [2.75, 3.05) is 0 Å². The maximum absolute atomic E-state index is 12.2. The summed E-state index contributed by atoms with van der Waals surface area (Å²) in [5, 5.41) is 0. The Bertz CT molecular complexity index is 847. The van der Waals surface area contributed by atoms with Crippen molar-refractivity contribution >= 4 is 0 Å². The van der Waals surface area contributed by atoms with Gasteiger partial charge < -0.3 is 4.74 Å². The zero-order valence-corrected chi connectivity index (χ0v) is 13.5. The van der Waals surface area contributed by atoms with Gasteiger partial charge in [0.1, 0.15) is 11.8 Å². The molecule has 4 atom stereocenters. The summed E-state index contributed by atoms with van der Waals surface area (Å²) >= 11 is 0. The number of nitrogens with one attached hydrogen (secondary N) is 1. The molecule has 0 aromatic carbocycles. The predicted molar refractivity (Wildman–Crippen MR) is 88.0 cm³/mol. The molecule has 2 heterocycles. The maximum atomic E-state index is 12.2. The molecular formula is C18H20N2O3. The van der Waals surface area contributed by atoms with Crippen molar-refractivity contribution < 1.29 is 4.74 Å². The standard InChI is InChI=1S/C18H20N2O3/c1-11-12(2)17(23-13(11)3)20-10-15(16(21)19-18(20)22)9-8-14-6-4-5-7-14/h4-6,10-13,17H,7H2,1-3H3,(H,19,21,22). The van der Waals surface area contributed by atoms with Gasteiger partial charge in [-0.3, -0.25) is 14.3 Å². The lowest BCUT2D eigenvalue weighted by Crippen LogP contribution is -2.35. The van der Waals surface area contributed by atoms with Crippen LogP contribution in [-0.2, 0) is 4.74 Å². The van der Waals surface area contributed by atoms with E-state index in [1.165, 1.54) is 10.8 Å². The van der Waals surface area contributed by atoms with Gasteiger partial charge in [-0.15, -0.1) is 0 Å². The van der Waals surface area contributed by atoms with Crippen molar-refractivity contribution in [3.63, 3.8) is 0 Å². The molecule has 2 aliphatic rings. The Morgan fingerprint density at radius 3 is 2.61 bits per heavy atom. The number of hydrogen-bond acceptors (Lipinski definition) is 3. The lowest BCUT2D eigenvalue weighted by molar-refractivity contribution is -0.00764. The third kappa shape index (κ3) is 2.95. The summed E-state index contributed by atoms with van der Waals surface area (Å²) in [7, 11) is 0. The van der Waals surface area contributed by atoms with E-state index in [1.807, 2.05) is 25.2 Å². The Balaban J connectivity index is 1.98. The van der Waals surface area contributed by atoms with Gasteiger partial charge in [-0.25, -0.2) is 4.79 Å². The highest BCUT2D eigenvalue weighted by Crippen LogP contribution is 2.37. The fourth-order valence-corrected chi connectivity index (χ4v) is 2.92. The van der Waals surface area contributed by atoms with Gasteiger partial charge in [0.05, 0.1) is 6.10 Å². The van der Waals surface area contributed by atoms with Gasteiger partial charge in [0, 0.05) is 17.7 Å². The van der Waals surface area contributed by atoms with Gasteiger partial charge in [-0.2, -0.15) is 0 Å². The third-order valence-electron chi connectivity index (χ3n) is 4.74. The van der Waals surface area contributed by atoms with Crippen LogP contribution in [0.15, 0.2) is 39.6 Å². The molecule has 1 saturated heterocycles.